The first-order valence-corrected chi connectivity index (χ1v) is 7.49. The highest BCUT2D eigenvalue weighted by atomic mass is 32.2. The lowest BCUT2D eigenvalue weighted by Gasteiger charge is -2.05. The first-order chi connectivity index (χ1) is 9.74. The van der Waals surface area contributed by atoms with Gasteiger partial charge >= 0.3 is 0 Å². The maximum absolute atomic E-state index is 11.7. The lowest BCUT2D eigenvalue weighted by atomic mass is 10.2. The van der Waals surface area contributed by atoms with E-state index in [1.54, 1.807) is 30.0 Å². The first kappa shape index (κ1) is 14.5. The van der Waals surface area contributed by atoms with Crippen molar-refractivity contribution in [2.24, 2.45) is 0 Å². The van der Waals surface area contributed by atoms with Gasteiger partial charge in [-0.1, -0.05) is 24.3 Å². The fourth-order valence-corrected chi connectivity index (χ4v) is 2.62. The van der Waals surface area contributed by atoms with Crippen molar-refractivity contribution in [3.63, 3.8) is 0 Å². The van der Waals surface area contributed by atoms with Gasteiger partial charge in [0.15, 0.2) is 0 Å². The minimum Gasteiger partial charge on any atom is -0.508 e. The van der Waals surface area contributed by atoms with Crippen molar-refractivity contribution in [1.29, 1.82) is 0 Å². The average Bonchev–Trinajstić information content (AvgIpc) is 2.45. The van der Waals surface area contributed by atoms with E-state index < -0.39 is 0 Å². The van der Waals surface area contributed by atoms with E-state index in [2.05, 4.69) is 17.4 Å². The molecular formula is C16H17NO2S. The number of amides is 1. The van der Waals surface area contributed by atoms with Crippen molar-refractivity contribution in [3.05, 3.63) is 54.6 Å². The average molecular weight is 287 g/mol. The zero-order valence-corrected chi connectivity index (χ0v) is 11.9. The molecule has 0 bridgehead atoms. The van der Waals surface area contributed by atoms with Crippen LogP contribution < -0.4 is 5.32 Å². The summed E-state index contributed by atoms with van der Waals surface area (Å²) in [5, 5.41) is 12.1. The van der Waals surface area contributed by atoms with Crippen LogP contribution in [0.15, 0.2) is 59.5 Å². The van der Waals surface area contributed by atoms with Gasteiger partial charge in [0.05, 0.1) is 0 Å². The number of benzene rings is 2. The standard InChI is InChI=1S/C16H17NO2S/c18-14-7-4-6-13(12-14)17-16(19)10-5-11-20-15-8-2-1-3-9-15/h1-4,6-9,12,18H,5,10-11H2,(H,17,19). The van der Waals surface area contributed by atoms with E-state index >= 15 is 0 Å². The van der Waals surface area contributed by atoms with E-state index in [1.165, 1.54) is 11.0 Å². The Bertz CT molecular complexity index is 557. The Labute approximate surface area is 123 Å². The van der Waals surface area contributed by atoms with Gasteiger partial charge in [-0.3, -0.25) is 4.79 Å². The van der Waals surface area contributed by atoms with E-state index in [-0.39, 0.29) is 11.7 Å². The van der Waals surface area contributed by atoms with Crippen LogP contribution in [0, 0.1) is 0 Å². The van der Waals surface area contributed by atoms with Crippen LogP contribution in [0.1, 0.15) is 12.8 Å². The van der Waals surface area contributed by atoms with Crippen molar-refractivity contribution in [2.45, 2.75) is 17.7 Å². The summed E-state index contributed by atoms with van der Waals surface area (Å²) >= 11 is 1.75. The van der Waals surface area contributed by atoms with Gasteiger partial charge in [0.25, 0.3) is 0 Å². The summed E-state index contributed by atoms with van der Waals surface area (Å²) in [5.41, 5.74) is 0.630. The van der Waals surface area contributed by atoms with Gasteiger partial charge in [-0.05, 0) is 36.4 Å². The number of hydrogen-bond donors (Lipinski definition) is 2. The van der Waals surface area contributed by atoms with E-state index in [4.69, 9.17) is 0 Å². The topological polar surface area (TPSA) is 49.3 Å². The molecule has 0 aliphatic carbocycles. The molecule has 2 N–H and O–H groups in total. The van der Waals surface area contributed by atoms with Gasteiger partial charge in [-0.25, -0.2) is 0 Å². The summed E-state index contributed by atoms with van der Waals surface area (Å²) in [4.78, 5) is 13.0. The number of carbonyl (C=O) groups is 1. The lowest BCUT2D eigenvalue weighted by molar-refractivity contribution is -0.116. The third-order valence-corrected chi connectivity index (χ3v) is 3.79. The van der Waals surface area contributed by atoms with Crippen LogP contribution in [0.3, 0.4) is 0 Å². The molecule has 2 aromatic carbocycles. The summed E-state index contributed by atoms with van der Waals surface area (Å²) in [6.07, 6.45) is 1.31. The lowest BCUT2D eigenvalue weighted by Crippen LogP contribution is -2.11. The maximum atomic E-state index is 11.7. The number of rotatable bonds is 6. The fraction of sp³-hybridized carbons (Fsp3) is 0.188. The van der Waals surface area contributed by atoms with Gasteiger partial charge in [0.1, 0.15) is 5.75 Å². The molecule has 0 unspecified atom stereocenters. The molecule has 104 valence electrons. The van der Waals surface area contributed by atoms with Crippen molar-refractivity contribution in [1.82, 2.24) is 0 Å². The smallest absolute Gasteiger partial charge is 0.224 e. The normalized spacial score (nSPS) is 10.2. The van der Waals surface area contributed by atoms with Gasteiger partial charge in [-0.15, -0.1) is 11.8 Å². The van der Waals surface area contributed by atoms with Crippen molar-refractivity contribution in [2.75, 3.05) is 11.1 Å². The van der Waals surface area contributed by atoms with Crippen LogP contribution in [0.2, 0.25) is 0 Å². The highest BCUT2D eigenvalue weighted by Crippen LogP contribution is 2.19. The SMILES string of the molecule is O=C(CCCSc1ccccc1)Nc1cccc(O)c1. The van der Waals surface area contributed by atoms with Crippen LogP contribution in [0.4, 0.5) is 5.69 Å². The second-order valence-corrected chi connectivity index (χ2v) is 5.53. The Morgan fingerprint density at radius 3 is 2.65 bits per heavy atom. The molecule has 0 aliphatic heterocycles. The minimum atomic E-state index is -0.0238. The molecule has 0 saturated carbocycles. The highest BCUT2D eigenvalue weighted by molar-refractivity contribution is 7.99. The molecule has 3 nitrogen and oxygen atoms in total. The quantitative estimate of drug-likeness (QED) is 0.625. The zero-order valence-electron chi connectivity index (χ0n) is 11.1. The fourth-order valence-electron chi connectivity index (χ4n) is 1.75. The number of carbonyl (C=O) groups excluding carboxylic acids is 1. The molecule has 0 saturated heterocycles. The number of nitrogens with one attached hydrogen (secondary N) is 1. The predicted octanol–water partition coefficient (Wildman–Crippen LogP) is 3.90. The number of hydrogen-bond acceptors (Lipinski definition) is 3. The molecule has 0 atom stereocenters. The van der Waals surface area contributed by atoms with Gasteiger partial charge in [0, 0.05) is 23.1 Å². The zero-order chi connectivity index (χ0) is 14.2. The Hall–Kier alpha value is -1.94. The second kappa shape index (κ2) is 7.60. The van der Waals surface area contributed by atoms with E-state index in [1.807, 2.05) is 18.2 Å². The van der Waals surface area contributed by atoms with Gasteiger partial charge < -0.3 is 10.4 Å². The van der Waals surface area contributed by atoms with Crippen LogP contribution in [-0.4, -0.2) is 16.8 Å². The summed E-state index contributed by atoms with van der Waals surface area (Å²) in [5.74, 6) is 1.05. The summed E-state index contributed by atoms with van der Waals surface area (Å²) in [6.45, 7) is 0. The number of thioether (sulfide) groups is 1. The summed E-state index contributed by atoms with van der Waals surface area (Å²) in [6, 6.07) is 16.7. The van der Waals surface area contributed by atoms with Crippen LogP contribution in [0.25, 0.3) is 0 Å². The van der Waals surface area contributed by atoms with Gasteiger partial charge in [-0.2, -0.15) is 0 Å². The Morgan fingerprint density at radius 1 is 1.10 bits per heavy atom. The Balaban J connectivity index is 1.68. The molecule has 20 heavy (non-hydrogen) atoms. The molecule has 4 heteroatoms. The first-order valence-electron chi connectivity index (χ1n) is 6.51. The van der Waals surface area contributed by atoms with Crippen molar-refractivity contribution < 1.29 is 9.90 Å². The molecule has 0 aromatic heterocycles. The van der Waals surface area contributed by atoms with Crippen molar-refractivity contribution in [3.8, 4) is 5.75 Å². The second-order valence-electron chi connectivity index (χ2n) is 4.36. The molecule has 1 amide bonds. The minimum absolute atomic E-state index is 0.0238. The third-order valence-electron chi connectivity index (χ3n) is 2.69. The van der Waals surface area contributed by atoms with E-state index in [0.29, 0.717) is 12.1 Å². The van der Waals surface area contributed by atoms with Crippen molar-refractivity contribution >= 4 is 23.4 Å². The monoisotopic (exact) mass is 287 g/mol. The number of aromatic hydroxyl groups is 1. The molecule has 0 spiro atoms. The van der Waals surface area contributed by atoms with Crippen LogP contribution >= 0.6 is 11.8 Å². The summed E-state index contributed by atoms with van der Waals surface area (Å²) < 4.78 is 0. The number of phenols is 1. The highest BCUT2D eigenvalue weighted by Gasteiger charge is 2.03. The third kappa shape index (κ3) is 4.97. The largest absolute Gasteiger partial charge is 0.508 e. The Morgan fingerprint density at radius 2 is 1.90 bits per heavy atom. The summed E-state index contributed by atoms with van der Waals surface area (Å²) in [7, 11) is 0. The maximum Gasteiger partial charge on any atom is 0.224 e. The Kier molecular flexibility index (Phi) is 5.50. The number of phenolic OH excluding ortho intramolecular Hbond substituents is 1. The molecule has 0 heterocycles. The number of anilines is 1. The molecule has 0 radical (unpaired) electrons. The van der Waals surface area contributed by atoms with Crippen LogP contribution in [-0.2, 0) is 4.79 Å². The molecule has 2 aromatic rings. The van der Waals surface area contributed by atoms with Gasteiger partial charge in [0.2, 0.25) is 5.91 Å². The predicted molar refractivity (Wildman–Crippen MR) is 83.1 cm³/mol. The van der Waals surface area contributed by atoms with E-state index in [0.717, 1.165) is 12.2 Å². The molecular weight excluding hydrogens is 270 g/mol. The molecule has 0 aliphatic rings. The van der Waals surface area contributed by atoms with E-state index in [9.17, 15) is 9.90 Å². The molecule has 2 rings (SSSR count). The van der Waals surface area contributed by atoms with Crippen LogP contribution in [0.5, 0.6) is 5.75 Å². The molecule has 0 fully saturated rings.